The third kappa shape index (κ3) is 5.20. The van der Waals surface area contributed by atoms with Gasteiger partial charge in [-0.2, -0.15) is 18.4 Å². The molecule has 0 spiro atoms. The van der Waals surface area contributed by atoms with Gasteiger partial charge in [0.1, 0.15) is 11.6 Å². The van der Waals surface area contributed by atoms with Crippen molar-refractivity contribution in [3.05, 3.63) is 193 Å². The van der Waals surface area contributed by atoms with Crippen molar-refractivity contribution in [2.45, 2.75) is 6.18 Å². The number of hydrogen-bond donors (Lipinski definition) is 0. The zero-order valence-electron chi connectivity index (χ0n) is 29.8. The van der Waals surface area contributed by atoms with E-state index < -0.39 is 11.7 Å². The first-order valence-electron chi connectivity index (χ1n) is 18.3. The third-order valence-electron chi connectivity index (χ3n) is 10.8. The second-order valence-corrected chi connectivity index (χ2v) is 13.9. The van der Waals surface area contributed by atoms with E-state index in [1.165, 1.54) is 12.1 Å². The van der Waals surface area contributed by atoms with Crippen LogP contribution in [-0.2, 0) is 6.18 Å². The second kappa shape index (κ2) is 12.9. The second-order valence-electron chi connectivity index (χ2n) is 13.9. The number of nitriles is 1. The molecule has 266 valence electrons. The van der Waals surface area contributed by atoms with Crippen molar-refractivity contribution < 1.29 is 13.2 Å². The average Bonchev–Trinajstić information content (AvgIpc) is 3.75. The summed E-state index contributed by atoms with van der Waals surface area (Å²) in [6.07, 6.45) is -4.64. The Balaban J connectivity index is 1.37. The van der Waals surface area contributed by atoms with Gasteiger partial charge in [-0.15, -0.1) is 0 Å². The topological polar surface area (TPSA) is 33.6 Å². The fourth-order valence-electron chi connectivity index (χ4n) is 8.35. The molecule has 6 heteroatoms. The van der Waals surface area contributed by atoms with Gasteiger partial charge in [0.05, 0.1) is 39.0 Å². The van der Waals surface area contributed by atoms with Crippen molar-refractivity contribution in [3.8, 4) is 50.8 Å². The van der Waals surface area contributed by atoms with Gasteiger partial charge in [0.25, 0.3) is 0 Å². The Labute approximate surface area is 320 Å². The first kappa shape index (κ1) is 33.2. The van der Waals surface area contributed by atoms with Gasteiger partial charge in [-0.05, 0) is 64.2 Å². The highest BCUT2D eigenvalue weighted by molar-refractivity contribution is 6.12. The van der Waals surface area contributed by atoms with Crippen molar-refractivity contribution >= 4 is 43.6 Å². The van der Waals surface area contributed by atoms with Crippen molar-refractivity contribution in [2.24, 2.45) is 0 Å². The van der Waals surface area contributed by atoms with E-state index in [9.17, 15) is 18.4 Å². The molecule has 0 amide bonds. The highest BCUT2D eigenvalue weighted by Gasteiger charge is 2.35. The standard InChI is InChI=1S/C50H30F3N3/c51-50(52,53)43-20-10-7-17-36(43)41-27-28-46(55-44-21-11-8-18-37(44)39-25-23-34(29-47(39)55)32-13-3-1-4-14-32)42(31-54)49(41)56-45-22-12-9-19-38(45)40-26-24-35(30-48(40)56)33-15-5-2-6-16-33/h1-30H. The summed E-state index contributed by atoms with van der Waals surface area (Å²) in [6.45, 7) is 0. The van der Waals surface area contributed by atoms with E-state index in [2.05, 4.69) is 65.2 Å². The minimum atomic E-state index is -4.64. The summed E-state index contributed by atoms with van der Waals surface area (Å²) in [5.74, 6) is 0. The molecule has 0 saturated carbocycles. The average molecular weight is 730 g/mol. The monoisotopic (exact) mass is 729 g/mol. The lowest BCUT2D eigenvalue weighted by atomic mass is 9.94. The zero-order valence-corrected chi connectivity index (χ0v) is 29.8. The van der Waals surface area contributed by atoms with Gasteiger partial charge >= 0.3 is 6.18 Å². The van der Waals surface area contributed by atoms with E-state index in [0.717, 1.165) is 71.9 Å². The number of alkyl halides is 3. The summed E-state index contributed by atoms with van der Waals surface area (Å²) in [5.41, 5.74) is 8.05. The van der Waals surface area contributed by atoms with Crippen LogP contribution >= 0.6 is 0 Å². The number of benzene rings is 8. The molecular formula is C50H30F3N3. The van der Waals surface area contributed by atoms with Gasteiger partial charge in [-0.25, -0.2) is 0 Å². The third-order valence-corrected chi connectivity index (χ3v) is 10.8. The number of aromatic nitrogens is 2. The van der Waals surface area contributed by atoms with Gasteiger partial charge in [-0.1, -0.05) is 146 Å². The number of fused-ring (bicyclic) bond motifs is 6. The molecule has 0 aliphatic rings. The maximum Gasteiger partial charge on any atom is 0.417 e. The first-order chi connectivity index (χ1) is 27.4. The molecule has 8 aromatic carbocycles. The Morgan fingerprint density at radius 3 is 1.46 bits per heavy atom. The van der Waals surface area contributed by atoms with E-state index in [1.54, 1.807) is 18.2 Å². The summed E-state index contributed by atoms with van der Waals surface area (Å²) < 4.78 is 48.7. The molecule has 0 unspecified atom stereocenters. The van der Waals surface area contributed by atoms with Crippen molar-refractivity contribution in [1.29, 1.82) is 5.26 Å². The molecule has 3 nitrogen and oxygen atoms in total. The van der Waals surface area contributed by atoms with E-state index in [0.29, 0.717) is 16.9 Å². The summed E-state index contributed by atoms with van der Waals surface area (Å²) in [4.78, 5) is 0. The number of hydrogen-bond acceptors (Lipinski definition) is 1. The summed E-state index contributed by atoms with van der Waals surface area (Å²) in [7, 11) is 0. The Bertz CT molecular complexity index is 3180. The van der Waals surface area contributed by atoms with Crippen molar-refractivity contribution in [1.82, 2.24) is 9.13 Å². The predicted molar refractivity (Wildman–Crippen MR) is 221 cm³/mol. The van der Waals surface area contributed by atoms with Gasteiger partial charge in [-0.3, -0.25) is 0 Å². The van der Waals surface area contributed by atoms with Crippen LogP contribution in [0.15, 0.2) is 182 Å². The molecule has 0 N–H and O–H groups in total. The Morgan fingerprint density at radius 2 is 0.893 bits per heavy atom. The number of rotatable bonds is 5. The molecule has 2 aromatic heterocycles. The molecule has 0 aliphatic heterocycles. The summed E-state index contributed by atoms with van der Waals surface area (Å²) in [6, 6.07) is 60.3. The maximum absolute atomic E-state index is 14.9. The lowest BCUT2D eigenvalue weighted by Crippen LogP contribution is -2.10. The van der Waals surface area contributed by atoms with Crippen LogP contribution in [-0.4, -0.2) is 9.13 Å². The summed E-state index contributed by atoms with van der Waals surface area (Å²) >= 11 is 0. The smallest absolute Gasteiger partial charge is 0.308 e. The lowest BCUT2D eigenvalue weighted by Gasteiger charge is -2.22. The molecule has 0 atom stereocenters. The van der Waals surface area contributed by atoms with Crippen LogP contribution in [0.4, 0.5) is 13.2 Å². The van der Waals surface area contributed by atoms with Crippen LogP contribution in [0.25, 0.3) is 88.4 Å². The molecule has 0 radical (unpaired) electrons. The largest absolute Gasteiger partial charge is 0.417 e. The minimum Gasteiger partial charge on any atom is -0.308 e. The van der Waals surface area contributed by atoms with Crippen LogP contribution in [0.1, 0.15) is 11.1 Å². The molecule has 0 fully saturated rings. The maximum atomic E-state index is 14.9. The van der Waals surface area contributed by atoms with Crippen LogP contribution in [0.5, 0.6) is 0 Å². The van der Waals surface area contributed by atoms with Gasteiger partial charge in [0.15, 0.2) is 0 Å². The molecule has 56 heavy (non-hydrogen) atoms. The number of nitrogens with zero attached hydrogens (tertiary/aromatic N) is 3. The first-order valence-corrected chi connectivity index (χ1v) is 18.3. The molecular weight excluding hydrogens is 700 g/mol. The van der Waals surface area contributed by atoms with E-state index >= 15 is 0 Å². The molecule has 10 rings (SSSR count). The highest BCUT2D eigenvalue weighted by Crippen LogP contribution is 2.45. The highest BCUT2D eigenvalue weighted by atomic mass is 19.4. The molecule has 10 aromatic rings. The van der Waals surface area contributed by atoms with Gasteiger partial charge in [0, 0.05) is 27.1 Å². The van der Waals surface area contributed by atoms with E-state index in [4.69, 9.17) is 0 Å². The molecule has 0 bridgehead atoms. The zero-order chi connectivity index (χ0) is 38.0. The predicted octanol–water partition coefficient (Wildman–Crippen LogP) is 13.8. The van der Waals surface area contributed by atoms with Crippen LogP contribution in [0, 0.1) is 11.3 Å². The number of para-hydroxylation sites is 2. The lowest BCUT2D eigenvalue weighted by molar-refractivity contribution is -0.137. The summed E-state index contributed by atoms with van der Waals surface area (Å²) in [5, 5.41) is 15.3. The van der Waals surface area contributed by atoms with Crippen LogP contribution in [0.3, 0.4) is 0 Å². The van der Waals surface area contributed by atoms with E-state index in [-0.39, 0.29) is 11.1 Å². The quantitative estimate of drug-likeness (QED) is 0.174. The minimum absolute atomic E-state index is 0.00298. The molecule has 0 saturated heterocycles. The Hall–Kier alpha value is -7.36. The van der Waals surface area contributed by atoms with Crippen molar-refractivity contribution in [3.63, 3.8) is 0 Å². The van der Waals surface area contributed by atoms with Crippen molar-refractivity contribution in [2.75, 3.05) is 0 Å². The fraction of sp³-hybridized carbons (Fsp3) is 0.0200. The Kier molecular flexibility index (Phi) is 7.65. The van der Waals surface area contributed by atoms with Crippen LogP contribution in [0.2, 0.25) is 0 Å². The fourth-order valence-corrected chi connectivity index (χ4v) is 8.35. The molecule has 0 aliphatic carbocycles. The Morgan fingerprint density at radius 1 is 0.411 bits per heavy atom. The van der Waals surface area contributed by atoms with Gasteiger partial charge < -0.3 is 9.13 Å². The van der Waals surface area contributed by atoms with E-state index in [1.807, 2.05) is 95.6 Å². The molecule has 2 heterocycles. The normalized spacial score (nSPS) is 11.8. The SMILES string of the molecule is N#Cc1c(-n2c3ccccc3c3ccc(-c4ccccc4)cc32)ccc(-c2ccccc2C(F)(F)F)c1-n1c2ccccc2c2ccc(-c3ccccc3)cc21. The van der Waals surface area contributed by atoms with Crippen LogP contribution < -0.4 is 0 Å². The van der Waals surface area contributed by atoms with Gasteiger partial charge in [0.2, 0.25) is 0 Å². The number of halogens is 3.